The van der Waals surface area contributed by atoms with Gasteiger partial charge < -0.3 is 10.5 Å². The molecule has 1 aliphatic rings. The molecule has 0 radical (unpaired) electrons. The first-order valence-electron chi connectivity index (χ1n) is 5.90. The molecule has 21 heavy (non-hydrogen) atoms. The lowest BCUT2D eigenvalue weighted by atomic mass is 10.3. The van der Waals surface area contributed by atoms with E-state index in [0.717, 1.165) is 18.2 Å². The third-order valence-electron chi connectivity index (χ3n) is 2.94. The summed E-state index contributed by atoms with van der Waals surface area (Å²) in [6.07, 6.45) is -4.28. The highest BCUT2D eigenvalue weighted by Crippen LogP contribution is 2.32. The van der Waals surface area contributed by atoms with Gasteiger partial charge in [0, 0.05) is 23.6 Å². The van der Waals surface area contributed by atoms with E-state index in [0.29, 0.717) is 6.42 Å². The third kappa shape index (κ3) is 3.87. The van der Waals surface area contributed by atoms with E-state index in [4.69, 9.17) is 5.73 Å². The molecule has 5 nitrogen and oxygen atoms in total. The van der Waals surface area contributed by atoms with E-state index < -0.39 is 22.1 Å². The Bertz CT molecular complexity index is 636. The zero-order chi connectivity index (χ0) is 15.8. The van der Waals surface area contributed by atoms with Gasteiger partial charge >= 0.3 is 6.36 Å². The number of alkyl halides is 3. The van der Waals surface area contributed by atoms with Crippen LogP contribution in [-0.2, 0) is 10.0 Å². The van der Waals surface area contributed by atoms with Gasteiger partial charge in [0.05, 0.1) is 4.90 Å². The number of sulfonamides is 1. The number of hydrogen-bond acceptors (Lipinski definition) is 4. The van der Waals surface area contributed by atoms with Crippen molar-refractivity contribution in [1.29, 1.82) is 0 Å². The lowest BCUT2D eigenvalue weighted by Gasteiger charge is -2.17. The number of halogens is 4. The van der Waals surface area contributed by atoms with E-state index in [9.17, 15) is 21.6 Å². The Morgan fingerprint density at radius 1 is 1.38 bits per heavy atom. The van der Waals surface area contributed by atoms with Crippen LogP contribution in [0, 0.1) is 0 Å². The second-order valence-corrected chi connectivity index (χ2v) is 7.31. The third-order valence-corrected chi connectivity index (χ3v) is 5.78. The SMILES string of the molecule is N[C@@H]1CCN(S(=O)(=O)c2ccc(OC(F)(F)F)cc2Br)C1. The van der Waals surface area contributed by atoms with Gasteiger partial charge in [-0.1, -0.05) is 0 Å². The lowest BCUT2D eigenvalue weighted by Crippen LogP contribution is -2.32. The van der Waals surface area contributed by atoms with E-state index in [2.05, 4.69) is 20.7 Å². The standard InChI is InChI=1S/C11H12BrF3N2O3S/c12-9-5-8(20-11(13,14)15)1-2-10(9)21(18,19)17-4-3-7(16)6-17/h1-2,5,7H,3-4,6,16H2/t7-/m1/s1. The topological polar surface area (TPSA) is 72.6 Å². The molecule has 118 valence electrons. The van der Waals surface area contributed by atoms with Crippen LogP contribution < -0.4 is 10.5 Å². The van der Waals surface area contributed by atoms with Crippen molar-refractivity contribution in [2.75, 3.05) is 13.1 Å². The minimum Gasteiger partial charge on any atom is -0.406 e. The first kappa shape index (κ1) is 16.5. The molecule has 2 N–H and O–H groups in total. The average Bonchev–Trinajstić information content (AvgIpc) is 2.74. The second-order valence-electron chi connectivity index (χ2n) is 4.55. The first-order chi connectivity index (χ1) is 9.59. The van der Waals surface area contributed by atoms with Gasteiger partial charge in [-0.15, -0.1) is 13.2 Å². The fourth-order valence-electron chi connectivity index (χ4n) is 2.00. The lowest BCUT2D eigenvalue weighted by molar-refractivity contribution is -0.274. The Balaban J connectivity index is 2.28. The summed E-state index contributed by atoms with van der Waals surface area (Å²) < 4.78 is 66.1. The average molecular weight is 389 g/mol. The number of hydrogen-bond donors (Lipinski definition) is 1. The van der Waals surface area contributed by atoms with Crippen LogP contribution in [-0.4, -0.2) is 38.2 Å². The highest BCUT2D eigenvalue weighted by molar-refractivity contribution is 9.10. The molecule has 0 bridgehead atoms. The van der Waals surface area contributed by atoms with Crippen molar-refractivity contribution >= 4 is 26.0 Å². The van der Waals surface area contributed by atoms with Crippen molar-refractivity contribution in [2.24, 2.45) is 5.73 Å². The summed E-state index contributed by atoms with van der Waals surface area (Å²) in [5, 5.41) is 0. The zero-order valence-electron chi connectivity index (χ0n) is 10.6. The maximum Gasteiger partial charge on any atom is 0.573 e. The summed E-state index contributed by atoms with van der Waals surface area (Å²) in [6.45, 7) is 0.478. The highest BCUT2D eigenvalue weighted by atomic mass is 79.9. The Kier molecular flexibility index (Phi) is 4.52. The summed E-state index contributed by atoms with van der Waals surface area (Å²) in [4.78, 5) is -0.119. The van der Waals surface area contributed by atoms with Crippen molar-refractivity contribution in [3.05, 3.63) is 22.7 Å². The molecule has 0 spiro atoms. The molecule has 0 aromatic heterocycles. The molecule has 2 rings (SSSR count). The minimum atomic E-state index is -4.83. The van der Waals surface area contributed by atoms with Crippen molar-refractivity contribution in [3.63, 3.8) is 0 Å². The van der Waals surface area contributed by atoms with Crippen LogP contribution in [0.1, 0.15) is 6.42 Å². The normalized spacial score (nSPS) is 20.7. The summed E-state index contributed by atoms with van der Waals surface area (Å²) in [5.74, 6) is -0.494. The van der Waals surface area contributed by atoms with Gasteiger partial charge in [-0.3, -0.25) is 0 Å². The molecule has 1 saturated heterocycles. The molecular formula is C11H12BrF3N2O3S. The molecular weight excluding hydrogens is 377 g/mol. The summed E-state index contributed by atoms with van der Waals surface area (Å²) in [5.41, 5.74) is 5.67. The fourth-order valence-corrected chi connectivity index (χ4v) is 4.53. The molecule has 0 aliphatic carbocycles. The van der Waals surface area contributed by atoms with Gasteiger partial charge in [0.15, 0.2) is 0 Å². The summed E-state index contributed by atoms with van der Waals surface area (Å²) in [6, 6.07) is 2.77. The summed E-state index contributed by atoms with van der Waals surface area (Å²) in [7, 11) is -3.79. The van der Waals surface area contributed by atoms with E-state index >= 15 is 0 Å². The van der Waals surface area contributed by atoms with E-state index in [-0.39, 0.29) is 28.5 Å². The highest BCUT2D eigenvalue weighted by Gasteiger charge is 2.34. The molecule has 0 unspecified atom stereocenters. The quantitative estimate of drug-likeness (QED) is 0.859. The van der Waals surface area contributed by atoms with E-state index in [1.54, 1.807) is 0 Å². The Labute approximate surface area is 128 Å². The van der Waals surface area contributed by atoms with Gasteiger partial charge in [-0.2, -0.15) is 4.31 Å². The second kappa shape index (κ2) is 5.75. The Hall–Kier alpha value is -0.840. The predicted octanol–water partition coefficient (Wildman–Crippen LogP) is 2.07. The van der Waals surface area contributed by atoms with Crippen LogP contribution in [0.2, 0.25) is 0 Å². The Morgan fingerprint density at radius 3 is 2.52 bits per heavy atom. The molecule has 0 saturated carbocycles. The molecule has 1 aromatic rings. The predicted molar refractivity (Wildman–Crippen MR) is 72.2 cm³/mol. The van der Waals surface area contributed by atoms with E-state index in [1.807, 2.05) is 0 Å². The van der Waals surface area contributed by atoms with Crippen LogP contribution in [0.4, 0.5) is 13.2 Å². The molecule has 1 atom stereocenters. The molecule has 10 heteroatoms. The van der Waals surface area contributed by atoms with Crippen LogP contribution in [0.25, 0.3) is 0 Å². The molecule has 0 amide bonds. The van der Waals surface area contributed by atoms with Crippen molar-refractivity contribution < 1.29 is 26.3 Å². The maximum absolute atomic E-state index is 12.4. The maximum atomic E-state index is 12.4. The monoisotopic (exact) mass is 388 g/mol. The van der Waals surface area contributed by atoms with Crippen molar-refractivity contribution in [2.45, 2.75) is 23.7 Å². The molecule has 1 aromatic carbocycles. The number of ether oxygens (including phenoxy) is 1. The molecule has 1 fully saturated rings. The minimum absolute atomic E-state index is 0.00437. The van der Waals surface area contributed by atoms with Crippen LogP contribution in [0.3, 0.4) is 0 Å². The van der Waals surface area contributed by atoms with Gasteiger partial charge in [0.1, 0.15) is 5.75 Å². The fraction of sp³-hybridized carbons (Fsp3) is 0.455. The zero-order valence-corrected chi connectivity index (χ0v) is 13.0. The van der Waals surface area contributed by atoms with Gasteiger partial charge in [0.25, 0.3) is 0 Å². The van der Waals surface area contributed by atoms with Crippen molar-refractivity contribution in [3.8, 4) is 5.75 Å². The van der Waals surface area contributed by atoms with Crippen molar-refractivity contribution in [1.82, 2.24) is 4.31 Å². The van der Waals surface area contributed by atoms with Gasteiger partial charge in [-0.25, -0.2) is 8.42 Å². The Morgan fingerprint density at radius 2 is 2.05 bits per heavy atom. The summed E-state index contributed by atoms with van der Waals surface area (Å²) >= 11 is 2.97. The van der Waals surface area contributed by atoms with Crippen LogP contribution in [0.5, 0.6) is 5.75 Å². The number of rotatable bonds is 3. The number of benzene rings is 1. The van der Waals surface area contributed by atoms with Crippen LogP contribution in [0.15, 0.2) is 27.6 Å². The van der Waals surface area contributed by atoms with Gasteiger partial charge in [0.2, 0.25) is 10.0 Å². The molecule has 1 aliphatic heterocycles. The number of nitrogens with zero attached hydrogens (tertiary/aromatic N) is 1. The first-order valence-corrected chi connectivity index (χ1v) is 8.14. The van der Waals surface area contributed by atoms with E-state index in [1.165, 1.54) is 4.31 Å². The smallest absolute Gasteiger partial charge is 0.406 e. The van der Waals surface area contributed by atoms with Crippen LogP contribution >= 0.6 is 15.9 Å². The van der Waals surface area contributed by atoms with Gasteiger partial charge in [-0.05, 0) is 40.5 Å². The number of nitrogens with two attached hydrogens (primary N) is 1. The largest absolute Gasteiger partial charge is 0.573 e. The molecule has 1 heterocycles.